The molecule has 0 aliphatic carbocycles. The van der Waals surface area contributed by atoms with Gasteiger partial charge in [0.2, 0.25) is 0 Å². The van der Waals surface area contributed by atoms with Gasteiger partial charge in [0.25, 0.3) is 0 Å². The van der Waals surface area contributed by atoms with Crippen molar-refractivity contribution in [3.63, 3.8) is 0 Å². The molecule has 0 saturated carbocycles. The number of alkyl halides is 2. The number of halogens is 2. The Morgan fingerprint density at radius 1 is 1.40 bits per heavy atom. The molecule has 1 aromatic carbocycles. The third-order valence-electron chi connectivity index (χ3n) is 3.30. The maximum Gasteiger partial charge on any atom is 0.387 e. The van der Waals surface area contributed by atoms with E-state index in [1.807, 2.05) is 6.07 Å². The lowest BCUT2D eigenvalue weighted by Gasteiger charge is -2.31. The molecule has 0 bridgehead atoms. The van der Waals surface area contributed by atoms with Crippen LogP contribution in [0.1, 0.15) is 12.5 Å². The molecule has 0 spiro atoms. The Balaban J connectivity index is 2.07. The van der Waals surface area contributed by atoms with Gasteiger partial charge in [0.15, 0.2) is 11.5 Å². The largest absolute Gasteiger partial charge is 0.493 e. The Hall–Kier alpha value is -1.40. The van der Waals surface area contributed by atoms with Crippen LogP contribution in [0.3, 0.4) is 0 Å². The lowest BCUT2D eigenvalue weighted by atomic mass is 10.1. The van der Waals surface area contributed by atoms with E-state index in [0.29, 0.717) is 11.8 Å². The van der Waals surface area contributed by atoms with Gasteiger partial charge >= 0.3 is 6.61 Å². The number of piperazine rings is 1. The third kappa shape index (κ3) is 4.05. The van der Waals surface area contributed by atoms with Gasteiger partial charge in [-0.15, -0.1) is 0 Å². The van der Waals surface area contributed by atoms with Crippen molar-refractivity contribution in [1.29, 1.82) is 0 Å². The van der Waals surface area contributed by atoms with E-state index in [9.17, 15) is 8.78 Å². The molecule has 1 fully saturated rings. The summed E-state index contributed by atoms with van der Waals surface area (Å²) in [6.07, 6.45) is 0. The van der Waals surface area contributed by atoms with E-state index in [1.165, 1.54) is 7.11 Å². The summed E-state index contributed by atoms with van der Waals surface area (Å²) < 4.78 is 34.3. The average Bonchev–Trinajstić information content (AvgIpc) is 2.38. The van der Waals surface area contributed by atoms with Crippen molar-refractivity contribution in [1.82, 2.24) is 10.2 Å². The quantitative estimate of drug-likeness (QED) is 0.898. The van der Waals surface area contributed by atoms with Crippen LogP contribution in [0.25, 0.3) is 0 Å². The van der Waals surface area contributed by atoms with Gasteiger partial charge in [-0.2, -0.15) is 8.78 Å². The first-order valence-electron chi connectivity index (χ1n) is 6.66. The maximum absolute atomic E-state index is 12.4. The van der Waals surface area contributed by atoms with Gasteiger partial charge in [-0.1, -0.05) is 6.07 Å². The Labute approximate surface area is 117 Å². The van der Waals surface area contributed by atoms with E-state index in [4.69, 9.17) is 4.74 Å². The van der Waals surface area contributed by atoms with Crippen LogP contribution in [-0.2, 0) is 6.54 Å². The molecule has 0 aromatic heterocycles. The summed E-state index contributed by atoms with van der Waals surface area (Å²) in [7, 11) is 1.44. The van der Waals surface area contributed by atoms with Crippen molar-refractivity contribution in [2.45, 2.75) is 26.1 Å². The predicted octanol–water partition coefficient (Wildman–Crippen LogP) is 2.09. The van der Waals surface area contributed by atoms with E-state index in [2.05, 4.69) is 21.9 Å². The zero-order chi connectivity index (χ0) is 14.5. The molecule has 1 aliphatic rings. The second kappa shape index (κ2) is 6.85. The number of nitrogens with zero attached hydrogens (tertiary/aromatic N) is 1. The number of ether oxygens (including phenoxy) is 2. The lowest BCUT2D eigenvalue weighted by Crippen LogP contribution is -2.48. The monoisotopic (exact) mass is 286 g/mol. The first-order valence-corrected chi connectivity index (χ1v) is 6.66. The highest BCUT2D eigenvalue weighted by Crippen LogP contribution is 2.30. The molecule has 0 amide bonds. The second-order valence-corrected chi connectivity index (χ2v) is 4.95. The Morgan fingerprint density at radius 2 is 2.20 bits per heavy atom. The first-order chi connectivity index (χ1) is 9.58. The number of benzene rings is 1. The zero-order valence-electron chi connectivity index (χ0n) is 11.7. The van der Waals surface area contributed by atoms with Crippen molar-refractivity contribution < 1.29 is 18.3 Å². The standard InChI is InChI=1S/C14H20F2N2O2/c1-10-8-18(6-5-17-10)9-11-3-4-12(19-2)13(7-11)20-14(15)16/h3-4,7,10,14,17H,5-6,8-9H2,1-2H3. The summed E-state index contributed by atoms with van der Waals surface area (Å²) in [5.74, 6) is 0.408. The number of hydrogen-bond donors (Lipinski definition) is 1. The van der Waals surface area contributed by atoms with E-state index < -0.39 is 6.61 Å². The molecule has 1 unspecified atom stereocenters. The Morgan fingerprint density at radius 3 is 2.85 bits per heavy atom. The van der Waals surface area contributed by atoms with Crippen LogP contribution < -0.4 is 14.8 Å². The van der Waals surface area contributed by atoms with Crippen molar-refractivity contribution in [3.8, 4) is 11.5 Å². The fraction of sp³-hybridized carbons (Fsp3) is 0.571. The summed E-state index contributed by atoms with van der Waals surface area (Å²) in [5.41, 5.74) is 0.940. The molecule has 20 heavy (non-hydrogen) atoms. The smallest absolute Gasteiger partial charge is 0.387 e. The fourth-order valence-corrected chi connectivity index (χ4v) is 2.42. The van der Waals surface area contributed by atoms with Crippen LogP contribution in [0.15, 0.2) is 18.2 Å². The molecule has 2 rings (SSSR count). The highest BCUT2D eigenvalue weighted by Gasteiger charge is 2.17. The van der Waals surface area contributed by atoms with Crippen molar-refractivity contribution in [3.05, 3.63) is 23.8 Å². The molecule has 4 nitrogen and oxygen atoms in total. The number of methoxy groups -OCH3 is 1. The first kappa shape index (κ1) is 15.0. The molecule has 1 heterocycles. The third-order valence-corrected chi connectivity index (χ3v) is 3.30. The highest BCUT2D eigenvalue weighted by atomic mass is 19.3. The van der Waals surface area contributed by atoms with E-state index in [1.54, 1.807) is 12.1 Å². The summed E-state index contributed by atoms with van der Waals surface area (Å²) in [4.78, 5) is 2.29. The van der Waals surface area contributed by atoms with Crippen LogP contribution in [0, 0.1) is 0 Å². The van der Waals surface area contributed by atoms with Crippen LogP contribution in [0.2, 0.25) is 0 Å². The summed E-state index contributed by atoms with van der Waals surface area (Å²) in [6.45, 7) is 2.83. The number of hydrogen-bond acceptors (Lipinski definition) is 4. The maximum atomic E-state index is 12.4. The fourth-order valence-electron chi connectivity index (χ4n) is 2.42. The van der Waals surface area contributed by atoms with Crippen LogP contribution in [-0.4, -0.2) is 44.3 Å². The molecule has 1 atom stereocenters. The molecule has 1 N–H and O–H groups in total. The highest BCUT2D eigenvalue weighted by molar-refractivity contribution is 5.43. The van der Waals surface area contributed by atoms with Gasteiger partial charge in [0, 0.05) is 32.2 Å². The number of nitrogens with one attached hydrogen (secondary N) is 1. The molecular weight excluding hydrogens is 266 g/mol. The molecule has 1 aliphatic heterocycles. The molecule has 112 valence electrons. The Kier molecular flexibility index (Phi) is 5.14. The number of rotatable bonds is 5. The molecular formula is C14H20F2N2O2. The van der Waals surface area contributed by atoms with Crippen molar-refractivity contribution >= 4 is 0 Å². The molecule has 6 heteroatoms. The average molecular weight is 286 g/mol. The van der Waals surface area contributed by atoms with Gasteiger partial charge in [-0.05, 0) is 24.6 Å². The summed E-state index contributed by atoms with van der Waals surface area (Å²) >= 11 is 0. The van der Waals surface area contributed by atoms with Gasteiger partial charge in [0.1, 0.15) is 0 Å². The topological polar surface area (TPSA) is 33.7 Å². The summed E-state index contributed by atoms with van der Waals surface area (Å²) in [5, 5.41) is 3.37. The van der Waals surface area contributed by atoms with Crippen molar-refractivity contribution in [2.24, 2.45) is 0 Å². The summed E-state index contributed by atoms with van der Waals surface area (Å²) in [6, 6.07) is 5.61. The lowest BCUT2D eigenvalue weighted by molar-refractivity contribution is -0.0512. The van der Waals surface area contributed by atoms with Crippen molar-refractivity contribution in [2.75, 3.05) is 26.7 Å². The zero-order valence-corrected chi connectivity index (χ0v) is 11.7. The second-order valence-electron chi connectivity index (χ2n) is 4.95. The predicted molar refractivity (Wildman–Crippen MR) is 72.4 cm³/mol. The normalized spacial score (nSPS) is 20.1. The van der Waals surface area contributed by atoms with E-state index in [-0.39, 0.29) is 5.75 Å². The van der Waals surface area contributed by atoms with Crippen LogP contribution in [0.4, 0.5) is 8.78 Å². The molecule has 0 radical (unpaired) electrons. The van der Waals surface area contributed by atoms with E-state index >= 15 is 0 Å². The van der Waals surface area contributed by atoms with Crippen LogP contribution >= 0.6 is 0 Å². The minimum atomic E-state index is -2.85. The molecule has 1 aromatic rings. The Bertz CT molecular complexity index is 443. The van der Waals surface area contributed by atoms with Gasteiger partial charge in [-0.25, -0.2) is 0 Å². The molecule has 1 saturated heterocycles. The minimum Gasteiger partial charge on any atom is -0.493 e. The SMILES string of the molecule is COc1ccc(CN2CCNC(C)C2)cc1OC(F)F. The van der Waals surface area contributed by atoms with Gasteiger partial charge in [0.05, 0.1) is 7.11 Å². The minimum absolute atomic E-state index is 0.0863. The van der Waals surface area contributed by atoms with Gasteiger partial charge < -0.3 is 14.8 Å². The van der Waals surface area contributed by atoms with Crippen LogP contribution in [0.5, 0.6) is 11.5 Å². The van der Waals surface area contributed by atoms with E-state index in [0.717, 1.165) is 31.7 Å². The van der Waals surface area contributed by atoms with Gasteiger partial charge in [-0.3, -0.25) is 4.90 Å².